The molecule has 66 valence electrons. The standard InChI is InChI=1S/ClH.29Na.29H/h1H;;;;;;;;;;;;;;;;;;;;;;;;;;;;;;;;;;;;;;;;;;;;;;;;;;;;;;;;;;. The van der Waals surface area contributed by atoms with E-state index in [0.29, 0.717) is 0 Å². The maximum absolute atomic E-state index is 0. The van der Waals surface area contributed by atoms with E-state index in [1.54, 1.807) is 0 Å². The molecule has 0 unspecified atom stereocenters. The molecule has 0 aromatic rings. The number of halogens is 1. The summed E-state index contributed by atoms with van der Waals surface area (Å²) in [5.74, 6) is 0. The Morgan fingerprint density at radius 1 is 0.0667 bits per heavy atom. The summed E-state index contributed by atoms with van der Waals surface area (Å²) in [6.45, 7) is 0. The molecule has 0 rings (SSSR count). The van der Waals surface area contributed by atoms with Crippen LogP contribution in [0.2, 0.25) is 0 Å². The minimum absolute atomic E-state index is 0. The zero-order valence-electron chi connectivity index (χ0n) is 0.408. The van der Waals surface area contributed by atoms with Gasteiger partial charge in [0.05, 0.1) is 0 Å². The molecule has 0 fully saturated rings. The van der Waals surface area contributed by atoms with Gasteiger partial charge in [-0.15, -0.1) is 12.4 Å². The Balaban J connectivity index is 0. The van der Waals surface area contributed by atoms with Crippen molar-refractivity contribution >= 4 is 870 Å². The van der Waals surface area contributed by atoms with E-state index in [2.05, 4.69) is 0 Å². The van der Waals surface area contributed by atoms with Crippen LogP contribution in [0.25, 0.3) is 0 Å². The van der Waals surface area contributed by atoms with Crippen molar-refractivity contribution in [2.75, 3.05) is 0 Å². The van der Waals surface area contributed by atoms with Gasteiger partial charge in [-0.1, -0.05) is 0 Å². The topological polar surface area (TPSA) is 0 Å². The van der Waals surface area contributed by atoms with Crippen molar-refractivity contribution < 1.29 is 0 Å². The Morgan fingerprint density at radius 2 is 0.0667 bits per heavy atom. The molecular formula is H30ClNa29. The summed E-state index contributed by atoms with van der Waals surface area (Å²) in [7, 11) is 0. The molecule has 0 aliphatic heterocycles. The fourth-order valence-corrected chi connectivity index (χ4v) is 0. The molecule has 30 heteroatoms. The first-order valence-electron chi connectivity index (χ1n) is 0. The van der Waals surface area contributed by atoms with Gasteiger partial charge in [0.15, 0.2) is 0 Å². The van der Waals surface area contributed by atoms with E-state index in [1.165, 1.54) is 0 Å². The molecule has 0 bridgehead atoms. The Morgan fingerprint density at radius 3 is 0.0667 bits per heavy atom. The second-order valence-corrected chi connectivity index (χ2v) is 0. The third-order valence-electron chi connectivity index (χ3n) is 0. The summed E-state index contributed by atoms with van der Waals surface area (Å²) in [4.78, 5) is 0. The van der Waals surface area contributed by atoms with Crippen LogP contribution >= 0.6 is 12.4 Å². The van der Waals surface area contributed by atoms with Crippen LogP contribution in [-0.4, -0.2) is 857 Å². The second-order valence-electron chi connectivity index (χ2n) is 0. The SMILES string of the molecule is Cl.[NaH].[NaH].[NaH].[NaH].[NaH].[NaH].[NaH].[NaH].[NaH].[NaH].[NaH].[NaH].[NaH].[NaH].[NaH].[NaH].[NaH].[NaH].[NaH].[NaH].[NaH].[NaH].[NaH].[NaH].[NaH].[NaH].[NaH].[NaH].[NaH]. The summed E-state index contributed by atoms with van der Waals surface area (Å²) in [5.41, 5.74) is 0. The summed E-state index contributed by atoms with van der Waals surface area (Å²) < 4.78 is 0. The Labute approximate surface area is 838 Å². The van der Waals surface area contributed by atoms with E-state index >= 15 is 0 Å². The molecule has 0 aromatic carbocycles. The van der Waals surface area contributed by atoms with Crippen LogP contribution in [0.1, 0.15) is 0 Å². The number of hydrogen-bond acceptors (Lipinski definition) is 0. The van der Waals surface area contributed by atoms with E-state index < -0.39 is 0 Å². The van der Waals surface area contributed by atoms with Crippen molar-refractivity contribution in [1.82, 2.24) is 0 Å². The Hall–Kier alpha value is 29.3. The van der Waals surface area contributed by atoms with Gasteiger partial charge in [-0.2, -0.15) is 0 Å². The van der Waals surface area contributed by atoms with Gasteiger partial charge >= 0.3 is 857 Å². The van der Waals surface area contributed by atoms with Crippen LogP contribution in [0.4, 0.5) is 0 Å². The average molecular weight is 732 g/mol. The van der Waals surface area contributed by atoms with Crippen LogP contribution in [0.5, 0.6) is 0 Å². The van der Waals surface area contributed by atoms with Gasteiger partial charge in [0.1, 0.15) is 0 Å². The van der Waals surface area contributed by atoms with E-state index in [4.69, 9.17) is 0 Å². The molecule has 0 radical (unpaired) electrons. The zero-order chi connectivity index (χ0) is 0. The molecule has 0 nitrogen and oxygen atoms in total. The van der Waals surface area contributed by atoms with Crippen LogP contribution in [0.3, 0.4) is 0 Å². The molecule has 0 aliphatic rings. The van der Waals surface area contributed by atoms with Crippen LogP contribution in [0, 0.1) is 0 Å². The summed E-state index contributed by atoms with van der Waals surface area (Å²) >= 11 is 0. The van der Waals surface area contributed by atoms with Gasteiger partial charge in [0.25, 0.3) is 0 Å². The van der Waals surface area contributed by atoms with Gasteiger partial charge < -0.3 is 0 Å². The van der Waals surface area contributed by atoms with Crippen LogP contribution < -0.4 is 0 Å². The minimum atomic E-state index is 0. The van der Waals surface area contributed by atoms with Gasteiger partial charge in [0.2, 0.25) is 0 Å². The predicted octanol–water partition coefficient (Wildman–Crippen LogP) is -18.4. The van der Waals surface area contributed by atoms with Crippen molar-refractivity contribution in [3.05, 3.63) is 0 Å². The Bertz CT molecular complexity index is 6.33. The van der Waals surface area contributed by atoms with Gasteiger partial charge in [-0.05, 0) is 0 Å². The number of hydrogen-bond donors (Lipinski definition) is 0. The first kappa shape index (κ1) is 235. The fraction of sp³-hybridized carbons (Fsp3) is 0. The normalized spacial score (nSPS) is 0. The van der Waals surface area contributed by atoms with Gasteiger partial charge in [-0.3, -0.25) is 0 Å². The van der Waals surface area contributed by atoms with Crippen molar-refractivity contribution in [2.45, 2.75) is 0 Å². The third-order valence-corrected chi connectivity index (χ3v) is 0. The van der Waals surface area contributed by atoms with Crippen LogP contribution in [0.15, 0.2) is 0 Å². The van der Waals surface area contributed by atoms with E-state index in [0.717, 1.165) is 0 Å². The monoisotopic (exact) mass is 732 g/mol. The van der Waals surface area contributed by atoms with Crippen molar-refractivity contribution in [2.24, 2.45) is 0 Å². The summed E-state index contributed by atoms with van der Waals surface area (Å²) in [6.07, 6.45) is 0. The molecule has 0 saturated carbocycles. The second kappa shape index (κ2) is 223. The molecule has 30 heavy (non-hydrogen) atoms. The maximum atomic E-state index is 0. The predicted molar refractivity (Wildman–Crippen MR) is 215 cm³/mol. The van der Waals surface area contributed by atoms with Crippen LogP contribution in [-0.2, 0) is 0 Å². The molecule has 0 atom stereocenters. The fourth-order valence-electron chi connectivity index (χ4n) is 0. The van der Waals surface area contributed by atoms with E-state index in [-0.39, 0.29) is 870 Å². The average Bonchev–Trinajstić information content (AvgIpc) is 0. The van der Waals surface area contributed by atoms with Gasteiger partial charge in [-0.25, -0.2) is 0 Å². The summed E-state index contributed by atoms with van der Waals surface area (Å²) in [6, 6.07) is 0. The molecule has 0 aliphatic carbocycles. The first-order chi connectivity index (χ1) is 0. The molecule has 0 heterocycles. The molecular weight excluding hydrogens is 702 g/mol. The quantitative estimate of drug-likeness (QED) is 0.218. The zero-order valence-corrected chi connectivity index (χ0v) is 1.22. The summed E-state index contributed by atoms with van der Waals surface area (Å²) in [5, 5.41) is 0. The first-order valence-corrected chi connectivity index (χ1v) is 0. The van der Waals surface area contributed by atoms with E-state index in [1.807, 2.05) is 0 Å². The van der Waals surface area contributed by atoms with Crippen molar-refractivity contribution in [1.29, 1.82) is 0 Å². The third kappa shape index (κ3) is 212. The molecule has 0 amide bonds. The van der Waals surface area contributed by atoms with E-state index in [9.17, 15) is 0 Å². The molecule has 0 N–H and O–H groups in total. The molecule has 0 spiro atoms. The Kier molecular flexibility index (Phi) is 1750. The van der Waals surface area contributed by atoms with Crippen molar-refractivity contribution in [3.63, 3.8) is 0 Å². The molecule has 0 aromatic heterocycles. The van der Waals surface area contributed by atoms with Crippen molar-refractivity contribution in [3.8, 4) is 0 Å². The molecule has 0 saturated heterocycles. The number of rotatable bonds is 0. The van der Waals surface area contributed by atoms with Gasteiger partial charge in [0, 0.05) is 0 Å².